The Morgan fingerprint density at radius 3 is 2.16 bits per heavy atom. The normalized spacial score (nSPS) is 9.68. The van der Waals surface area contributed by atoms with E-state index >= 15 is 0 Å². The number of carbonyl (C=O) groups is 2. The summed E-state index contributed by atoms with van der Waals surface area (Å²) in [6.45, 7) is 0. The summed E-state index contributed by atoms with van der Waals surface area (Å²) >= 11 is 0. The quantitative estimate of drug-likeness (QED) is 0.719. The predicted molar refractivity (Wildman–Crippen MR) is 73.8 cm³/mol. The molecule has 2 aromatic rings. The Hall–Kier alpha value is -2.82. The molecule has 0 saturated carbocycles. The van der Waals surface area contributed by atoms with Crippen LogP contribution in [0.5, 0.6) is 0 Å². The molecule has 5 heteroatoms. The highest BCUT2D eigenvalue weighted by Crippen LogP contribution is 2.06. The van der Waals surface area contributed by atoms with Crippen LogP contribution in [0.1, 0.15) is 10.4 Å². The number of nitrogen functional groups attached to an aromatic ring is 1. The topological polar surface area (TPSA) is 84.2 Å². The van der Waals surface area contributed by atoms with Crippen molar-refractivity contribution in [3.05, 3.63) is 60.2 Å². The van der Waals surface area contributed by atoms with Crippen molar-refractivity contribution < 1.29 is 9.59 Å². The molecule has 0 heterocycles. The minimum atomic E-state index is -0.576. The van der Waals surface area contributed by atoms with Crippen molar-refractivity contribution in [1.29, 1.82) is 0 Å². The van der Waals surface area contributed by atoms with Gasteiger partial charge in [0, 0.05) is 16.9 Å². The molecule has 0 fully saturated rings. The van der Waals surface area contributed by atoms with Gasteiger partial charge in [0.25, 0.3) is 5.91 Å². The molecular formula is C14H13N3O2. The zero-order chi connectivity index (χ0) is 13.7. The SMILES string of the molecule is Nc1ccc(C(=O)NC(=O)Nc2ccccc2)cc1. The van der Waals surface area contributed by atoms with Crippen LogP contribution in [0.4, 0.5) is 16.2 Å². The highest BCUT2D eigenvalue weighted by atomic mass is 16.2. The van der Waals surface area contributed by atoms with Gasteiger partial charge in [-0.25, -0.2) is 4.79 Å². The molecule has 3 amide bonds. The molecule has 0 spiro atoms. The van der Waals surface area contributed by atoms with Crippen LogP contribution >= 0.6 is 0 Å². The van der Waals surface area contributed by atoms with Gasteiger partial charge in [0.05, 0.1) is 0 Å². The van der Waals surface area contributed by atoms with E-state index in [0.717, 1.165) is 0 Å². The van der Waals surface area contributed by atoms with Gasteiger partial charge in [0.1, 0.15) is 0 Å². The van der Waals surface area contributed by atoms with Gasteiger partial charge in [0.2, 0.25) is 0 Å². The molecule has 5 nitrogen and oxygen atoms in total. The lowest BCUT2D eigenvalue weighted by Gasteiger charge is -2.06. The second-order valence-corrected chi connectivity index (χ2v) is 3.90. The van der Waals surface area contributed by atoms with Gasteiger partial charge < -0.3 is 11.1 Å². The van der Waals surface area contributed by atoms with Crippen LogP contribution in [0.15, 0.2) is 54.6 Å². The van der Waals surface area contributed by atoms with E-state index in [1.54, 1.807) is 48.5 Å². The van der Waals surface area contributed by atoms with Crippen LogP contribution in [0.25, 0.3) is 0 Å². The van der Waals surface area contributed by atoms with E-state index in [1.807, 2.05) is 6.07 Å². The van der Waals surface area contributed by atoms with Crippen LogP contribution in [0.2, 0.25) is 0 Å². The van der Waals surface area contributed by atoms with Crippen molar-refractivity contribution >= 4 is 23.3 Å². The number of imide groups is 1. The molecule has 0 unspecified atom stereocenters. The van der Waals surface area contributed by atoms with Crippen molar-refractivity contribution in [2.75, 3.05) is 11.1 Å². The maximum Gasteiger partial charge on any atom is 0.326 e. The predicted octanol–water partition coefficient (Wildman–Crippen LogP) is 2.23. The van der Waals surface area contributed by atoms with E-state index in [0.29, 0.717) is 16.9 Å². The minimum Gasteiger partial charge on any atom is -0.399 e. The van der Waals surface area contributed by atoms with Crippen LogP contribution in [0, 0.1) is 0 Å². The van der Waals surface area contributed by atoms with E-state index in [9.17, 15) is 9.59 Å². The number of nitrogens with two attached hydrogens (primary N) is 1. The molecule has 0 saturated heterocycles. The maximum absolute atomic E-state index is 11.7. The largest absolute Gasteiger partial charge is 0.399 e. The molecule has 19 heavy (non-hydrogen) atoms. The Bertz CT molecular complexity index is 579. The van der Waals surface area contributed by atoms with Gasteiger partial charge in [-0.2, -0.15) is 0 Å². The monoisotopic (exact) mass is 255 g/mol. The number of hydrogen-bond donors (Lipinski definition) is 3. The van der Waals surface area contributed by atoms with Crippen molar-refractivity contribution in [2.45, 2.75) is 0 Å². The number of rotatable bonds is 2. The number of benzene rings is 2. The first-order chi connectivity index (χ1) is 9.15. The van der Waals surface area contributed by atoms with Crippen molar-refractivity contribution in [3.63, 3.8) is 0 Å². The maximum atomic E-state index is 11.7. The fourth-order valence-corrected chi connectivity index (χ4v) is 1.49. The van der Waals surface area contributed by atoms with Gasteiger partial charge >= 0.3 is 6.03 Å². The first-order valence-electron chi connectivity index (χ1n) is 5.68. The number of hydrogen-bond acceptors (Lipinski definition) is 3. The van der Waals surface area contributed by atoms with Crippen LogP contribution < -0.4 is 16.4 Å². The number of urea groups is 1. The summed E-state index contributed by atoms with van der Waals surface area (Å²) in [5.74, 6) is -0.478. The first-order valence-corrected chi connectivity index (χ1v) is 5.68. The van der Waals surface area contributed by atoms with Gasteiger partial charge in [-0.1, -0.05) is 18.2 Å². The molecule has 0 aliphatic heterocycles. The molecule has 0 bridgehead atoms. The fraction of sp³-hybridized carbons (Fsp3) is 0. The molecule has 0 aliphatic carbocycles. The lowest BCUT2D eigenvalue weighted by atomic mass is 10.2. The molecule has 0 atom stereocenters. The van der Waals surface area contributed by atoms with E-state index in [2.05, 4.69) is 10.6 Å². The Balaban J connectivity index is 1.95. The third-order valence-corrected chi connectivity index (χ3v) is 2.43. The second kappa shape index (κ2) is 5.68. The van der Waals surface area contributed by atoms with Gasteiger partial charge in [-0.05, 0) is 36.4 Å². The molecule has 4 N–H and O–H groups in total. The standard InChI is InChI=1S/C14H13N3O2/c15-11-8-6-10(7-9-11)13(18)17-14(19)16-12-4-2-1-3-5-12/h1-9H,15H2,(H2,16,17,18,19). The average Bonchev–Trinajstić information content (AvgIpc) is 2.40. The van der Waals surface area contributed by atoms with Crippen molar-refractivity contribution in [2.24, 2.45) is 0 Å². The van der Waals surface area contributed by atoms with Gasteiger partial charge in [0.15, 0.2) is 0 Å². The summed E-state index contributed by atoms with van der Waals surface area (Å²) in [7, 11) is 0. The Morgan fingerprint density at radius 1 is 0.895 bits per heavy atom. The Kier molecular flexibility index (Phi) is 3.78. The smallest absolute Gasteiger partial charge is 0.326 e. The fourth-order valence-electron chi connectivity index (χ4n) is 1.49. The summed E-state index contributed by atoms with van der Waals surface area (Å²) in [6, 6.07) is 14.6. The third-order valence-electron chi connectivity index (χ3n) is 2.43. The van der Waals surface area contributed by atoms with E-state index in [-0.39, 0.29) is 0 Å². The van der Waals surface area contributed by atoms with Crippen molar-refractivity contribution in [1.82, 2.24) is 5.32 Å². The number of carbonyl (C=O) groups excluding carboxylic acids is 2. The summed E-state index contributed by atoms with van der Waals surface area (Å²) in [5, 5.41) is 4.79. The first kappa shape index (κ1) is 12.6. The van der Waals surface area contributed by atoms with E-state index in [1.165, 1.54) is 0 Å². The van der Waals surface area contributed by atoms with E-state index in [4.69, 9.17) is 5.73 Å². The van der Waals surface area contributed by atoms with Gasteiger partial charge in [-0.15, -0.1) is 0 Å². The van der Waals surface area contributed by atoms with Gasteiger partial charge in [-0.3, -0.25) is 10.1 Å². The zero-order valence-corrected chi connectivity index (χ0v) is 10.1. The summed E-state index contributed by atoms with van der Waals surface area (Å²) < 4.78 is 0. The molecule has 2 aromatic carbocycles. The molecule has 2 rings (SSSR count). The highest BCUT2D eigenvalue weighted by Gasteiger charge is 2.09. The molecule has 96 valence electrons. The molecule has 0 radical (unpaired) electrons. The number of nitrogens with one attached hydrogen (secondary N) is 2. The number of amides is 3. The Morgan fingerprint density at radius 2 is 1.53 bits per heavy atom. The number of para-hydroxylation sites is 1. The molecule has 0 aliphatic rings. The number of anilines is 2. The highest BCUT2D eigenvalue weighted by molar-refractivity contribution is 6.08. The Labute approximate surface area is 110 Å². The average molecular weight is 255 g/mol. The third kappa shape index (κ3) is 3.57. The molecule has 0 aromatic heterocycles. The van der Waals surface area contributed by atoms with Crippen LogP contribution in [-0.4, -0.2) is 11.9 Å². The minimum absolute atomic E-state index is 0.373. The van der Waals surface area contributed by atoms with Crippen LogP contribution in [0.3, 0.4) is 0 Å². The van der Waals surface area contributed by atoms with Crippen molar-refractivity contribution in [3.8, 4) is 0 Å². The summed E-state index contributed by atoms with van der Waals surface area (Å²) in [5.41, 5.74) is 7.07. The van der Waals surface area contributed by atoms with Crippen LogP contribution in [-0.2, 0) is 0 Å². The lowest BCUT2D eigenvalue weighted by Crippen LogP contribution is -2.34. The lowest BCUT2D eigenvalue weighted by molar-refractivity contribution is 0.0967. The second-order valence-electron chi connectivity index (χ2n) is 3.90. The summed E-state index contributed by atoms with van der Waals surface area (Å²) in [4.78, 5) is 23.3. The molecular weight excluding hydrogens is 242 g/mol. The van der Waals surface area contributed by atoms with E-state index < -0.39 is 11.9 Å². The summed E-state index contributed by atoms with van der Waals surface area (Å²) in [6.07, 6.45) is 0. The zero-order valence-electron chi connectivity index (χ0n) is 10.1.